The number of alkyl halides is 2. The van der Waals surface area contributed by atoms with Crippen LogP contribution in [0.5, 0.6) is 11.5 Å². The Kier molecular flexibility index (Phi) is 5.88. The third kappa shape index (κ3) is 4.43. The van der Waals surface area contributed by atoms with Crippen LogP contribution in [0.3, 0.4) is 0 Å². The molecule has 9 nitrogen and oxygen atoms in total. The zero-order valence-corrected chi connectivity index (χ0v) is 17.8. The number of nitrogens with one attached hydrogen (secondary N) is 1. The highest BCUT2D eigenvalue weighted by Gasteiger charge is 2.55. The van der Waals surface area contributed by atoms with Gasteiger partial charge in [-0.3, -0.25) is 9.78 Å². The van der Waals surface area contributed by atoms with Crippen LogP contribution in [0.25, 0.3) is 0 Å². The minimum Gasteiger partial charge on any atom is -0.464 e. The molecule has 1 aromatic carbocycles. The van der Waals surface area contributed by atoms with Gasteiger partial charge in [0.1, 0.15) is 0 Å². The topological polar surface area (TPSA) is 107 Å². The SMILES string of the molecule is CCOC(=O)C1C(Cc2ccncc2)C(=O)N1C(=O)NC(C)c1ccc2c(c1)OC(F)(F)O2. The minimum atomic E-state index is -3.76. The van der Waals surface area contributed by atoms with E-state index < -0.39 is 42.2 Å². The number of pyridine rings is 1. The predicted octanol–water partition coefficient (Wildman–Crippen LogP) is 2.81. The summed E-state index contributed by atoms with van der Waals surface area (Å²) in [6.45, 7) is 3.33. The van der Waals surface area contributed by atoms with E-state index in [9.17, 15) is 23.2 Å². The van der Waals surface area contributed by atoms with E-state index in [1.807, 2.05) is 0 Å². The van der Waals surface area contributed by atoms with Crippen LogP contribution in [0.4, 0.5) is 13.6 Å². The molecular weight excluding hydrogens is 440 g/mol. The summed E-state index contributed by atoms with van der Waals surface area (Å²) in [7, 11) is 0. The summed E-state index contributed by atoms with van der Waals surface area (Å²) in [4.78, 5) is 42.9. The number of aromatic nitrogens is 1. The number of imide groups is 1. The molecule has 11 heteroatoms. The van der Waals surface area contributed by atoms with Gasteiger partial charge in [0.05, 0.1) is 18.6 Å². The highest BCUT2D eigenvalue weighted by Crippen LogP contribution is 2.42. The molecular formula is C22H21F2N3O6. The molecule has 174 valence electrons. The number of nitrogens with zero attached hydrogens (tertiary/aromatic N) is 2. The van der Waals surface area contributed by atoms with Crippen LogP contribution in [0.1, 0.15) is 31.0 Å². The number of hydrogen-bond acceptors (Lipinski definition) is 7. The summed E-state index contributed by atoms with van der Waals surface area (Å²) in [6, 6.07) is 5.00. The highest BCUT2D eigenvalue weighted by atomic mass is 19.3. The lowest BCUT2D eigenvalue weighted by molar-refractivity contribution is -0.286. The van der Waals surface area contributed by atoms with Gasteiger partial charge in [0.25, 0.3) is 0 Å². The Morgan fingerprint density at radius 2 is 1.91 bits per heavy atom. The van der Waals surface area contributed by atoms with E-state index in [2.05, 4.69) is 19.8 Å². The van der Waals surface area contributed by atoms with Gasteiger partial charge in [-0.1, -0.05) is 6.07 Å². The van der Waals surface area contributed by atoms with Gasteiger partial charge in [-0.15, -0.1) is 8.78 Å². The van der Waals surface area contributed by atoms with Crippen LogP contribution in [0.15, 0.2) is 42.7 Å². The van der Waals surface area contributed by atoms with Crippen molar-refractivity contribution in [3.8, 4) is 11.5 Å². The predicted molar refractivity (Wildman–Crippen MR) is 108 cm³/mol. The minimum absolute atomic E-state index is 0.0964. The lowest BCUT2D eigenvalue weighted by Crippen LogP contribution is -2.69. The molecule has 3 heterocycles. The Morgan fingerprint density at radius 1 is 1.21 bits per heavy atom. The Labute approximate surface area is 187 Å². The van der Waals surface area contributed by atoms with E-state index in [1.54, 1.807) is 38.4 Å². The van der Waals surface area contributed by atoms with E-state index in [0.717, 1.165) is 10.5 Å². The van der Waals surface area contributed by atoms with Crippen molar-refractivity contribution in [3.05, 3.63) is 53.9 Å². The van der Waals surface area contributed by atoms with Crippen molar-refractivity contribution in [2.75, 3.05) is 6.61 Å². The Hall–Kier alpha value is -3.76. The summed E-state index contributed by atoms with van der Waals surface area (Å²) in [5.74, 6) is -2.23. The number of urea groups is 1. The van der Waals surface area contributed by atoms with Crippen molar-refractivity contribution >= 4 is 17.9 Å². The quantitative estimate of drug-likeness (QED) is 0.521. The molecule has 1 N–H and O–H groups in total. The average molecular weight is 461 g/mol. The third-order valence-electron chi connectivity index (χ3n) is 5.43. The number of esters is 1. The van der Waals surface area contributed by atoms with Crippen molar-refractivity contribution in [3.63, 3.8) is 0 Å². The molecule has 1 fully saturated rings. The molecule has 33 heavy (non-hydrogen) atoms. The molecule has 2 aromatic rings. The summed E-state index contributed by atoms with van der Waals surface area (Å²) < 4.78 is 40.4. The number of fused-ring (bicyclic) bond motifs is 1. The van der Waals surface area contributed by atoms with Gasteiger partial charge in [-0.05, 0) is 55.7 Å². The number of ether oxygens (including phenoxy) is 3. The molecule has 1 saturated heterocycles. The van der Waals surface area contributed by atoms with Crippen LogP contribution in [0.2, 0.25) is 0 Å². The number of amides is 3. The maximum absolute atomic E-state index is 13.3. The molecule has 2 aliphatic rings. The van der Waals surface area contributed by atoms with Crippen molar-refractivity contribution in [1.82, 2.24) is 15.2 Å². The van der Waals surface area contributed by atoms with Gasteiger partial charge in [0.2, 0.25) is 5.91 Å². The van der Waals surface area contributed by atoms with Crippen molar-refractivity contribution < 1.29 is 37.4 Å². The van der Waals surface area contributed by atoms with Gasteiger partial charge >= 0.3 is 18.3 Å². The van der Waals surface area contributed by atoms with Crippen LogP contribution in [-0.4, -0.2) is 46.7 Å². The largest absolute Gasteiger partial charge is 0.586 e. The molecule has 1 aromatic heterocycles. The molecule has 0 bridgehead atoms. The molecule has 2 aliphatic heterocycles. The van der Waals surface area contributed by atoms with Gasteiger partial charge in [0.15, 0.2) is 17.5 Å². The van der Waals surface area contributed by atoms with Gasteiger partial charge in [0, 0.05) is 12.4 Å². The molecule has 0 aliphatic carbocycles. The van der Waals surface area contributed by atoms with Gasteiger partial charge in [-0.2, -0.15) is 0 Å². The molecule has 0 spiro atoms. The van der Waals surface area contributed by atoms with Gasteiger partial charge in [-0.25, -0.2) is 14.5 Å². The summed E-state index contributed by atoms with van der Waals surface area (Å²) in [5.41, 5.74) is 1.24. The van der Waals surface area contributed by atoms with E-state index in [1.165, 1.54) is 18.2 Å². The van der Waals surface area contributed by atoms with Crippen molar-refractivity contribution in [2.24, 2.45) is 5.92 Å². The number of carbonyl (C=O) groups excluding carboxylic acids is 3. The maximum atomic E-state index is 13.3. The van der Waals surface area contributed by atoms with Crippen LogP contribution < -0.4 is 14.8 Å². The number of carbonyl (C=O) groups is 3. The average Bonchev–Trinajstić information content (AvgIpc) is 3.09. The molecule has 0 radical (unpaired) electrons. The number of hydrogen-bond donors (Lipinski definition) is 1. The number of β-lactam (4-membered cyclic amide) rings is 1. The number of halogens is 2. The number of rotatable bonds is 6. The second kappa shape index (κ2) is 8.64. The summed E-state index contributed by atoms with van der Waals surface area (Å²) in [5, 5.41) is 2.62. The first-order valence-electron chi connectivity index (χ1n) is 10.3. The first kappa shape index (κ1) is 22.4. The van der Waals surface area contributed by atoms with Crippen LogP contribution in [-0.2, 0) is 20.7 Å². The lowest BCUT2D eigenvalue weighted by Gasteiger charge is -2.44. The normalized spacial score (nSPS) is 21.2. The van der Waals surface area contributed by atoms with Crippen LogP contribution >= 0.6 is 0 Å². The molecule has 4 rings (SSSR count). The van der Waals surface area contributed by atoms with E-state index in [-0.39, 0.29) is 24.5 Å². The zero-order chi connectivity index (χ0) is 23.8. The van der Waals surface area contributed by atoms with E-state index >= 15 is 0 Å². The second-order valence-electron chi connectivity index (χ2n) is 7.62. The van der Waals surface area contributed by atoms with Crippen LogP contribution in [0, 0.1) is 5.92 Å². The third-order valence-corrected chi connectivity index (χ3v) is 5.43. The van der Waals surface area contributed by atoms with Crippen molar-refractivity contribution in [2.45, 2.75) is 38.6 Å². The lowest BCUT2D eigenvalue weighted by atomic mass is 9.82. The number of likely N-dealkylation sites (tertiary alicyclic amines) is 1. The standard InChI is InChI=1S/C22H21F2N3O6/c1-3-31-20(29)18-15(10-13-6-8-25-9-7-13)19(28)27(18)21(30)26-12(2)14-4-5-16-17(11-14)33-22(23,24)32-16/h4-9,11-12,15,18H,3,10H2,1-2H3,(H,26,30). The fourth-order valence-electron chi connectivity index (χ4n) is 3.82. The fraction of sp³-hybridized carbons (Fsp3) is 0.364. The Bertz CT molecular complexity index is 1080. The summed E-state index contributed by atoms with van der Waals surface area (Å²) in [6.07, 6.45) is -0.356. The Morgan fingerprint density at radius 3 is 2.61 bits per heavy atom. The Balaban J connectivity index is 1.47. The smallest absolute Gasteiger partial charge is 0.464 e. The molecule has 3 amide bonds. The highest BCUT2D eigenvalue weighted by molar-refractivity contribution is 6.08. The zero-order valence-electron chi connectivity index (χ0n) is 17.8. The van der Waals surface area contributed by atoms with E-state index in [0.29, 0.717) is 5.56 Å². The molecule has 0 saturated carbocycles. The molecule has 3 atom stereocenters. The van der Waals surface area contributed by atoms with Crippen molar-refractivity contribution in [1.29, 1.82) is 0 Å². The first-order chi connectivity index (χ1) is 15.7. The van der Waals surface area contributed by atoms with E-state index in [4.69, 9.17) is 4.74 Å². The fourth-order valence-corrected chi connectivity index (χ4v) is 3.82. The second-order valence-corrected chi connectivity index (χ2v) is 7.62. The molecule has 3 unspecified atom stereocenters. The maximum Gasteiger partial charge on any atom is 0.586 e. The van der Waals surface area contributed by atoms with Gasteiger partial charge < -0.3 is 19.5 Å². The monoisotopic (exact) mass is 461 g/mol. The summed E-state index contributed by atoms with van der Waals surface area (Å²) >= 11 is 0. The first-order valence-corrected chi connectivity index (χ1v) is 10.3. The number of benzene rings is 1.